The van der Waals surface area contributed by atoms with Gasteiger partial charge in [0, 0.05) is 36.0 Å². The number of benzene rings is 2. The highest BCUT2D eigenvalue weighted by molar-refractivity contribution is 5.92. The minimum atomic E-state index is -0.558. The van der Waals surface area contributed by atoms with E-state index >= 15 is 4.39 Å². The number of aromatic amines is 4. The number of halogens is 1. The first-order valence-corrected chi connectivity index (χ1v) is 18.4. The molecule has 3 aromatic heterocycles. The van der Waals surface area contributed by atoms with E-state index in [2.05, 4.69) is 32.6 Å². The Morgan fingerprint density at radius 3 is 2.44 bits per heavy atom. The molecule has 52 heavy (non-hydrogen) atoms. The molecule has 6 atom stereocenters. The maximum Gasteiger partial charge on any atom is 0.275 e. The van der Waals surface area contributed by atoms with E-state index < -0.39 is 18.1 Å². The third kappa shape index (κ3) is 5.09. The first kappa shape index (κ1) is 32.7. The number of nitrogens with one attached hydrogen (secondary N) is 4. The van der Waals surface area contributed by atoms with Gasteiger partial charge in [0.15, 0.2) is 17.6 Å². The number of carbonyl (C=O) groups is 2. The fraction of sp³-hybridized carbons (Fsp3) is 0.400. The summed E-state index contributed by atoms with van der Waals surface area (Å²) in [5, 5.41) is 0.943. The fourth-order valence-corrected chi connectivity index (χ4v) is 8.80. The van der Waals surface area contributed by atoms with Gasteiger partial charge in [0.2, 0.25) is 11.8 Å². The van der Waals surface area contributed by atoms with Crippen molar-refractivity contribution in [2.45, 2.75) is 83.8 Å². The molecule has 11 nitrogen and oxygen atoms in total. The van der Waals surface area contributed by atoms with Gasteiger partial charge >= 0.3 is 0 Å². The number of nitrogens with zero attached hydrogens (tertiary/aromatic N) is 3. The Labute approximate surface area is 301 Å². The zero-order valence-corrected chi connectivity index (χ0v) is 29.9. The summed E-state index contributed by atoms with van der Waals surface area (Å²) in [6.07, 6.45) is 7.00. The Morgan fingerprint density at radius 1 is 1.00 bits per heavy atom. The Morgan fingerprint density at radius 2 is 1.73 bits per heavy atom. The number of hydrogen-bond acceptors (Lipinski definition) is 4. The molecule has 1 saturated carbocycles. The van der Waals surface area contributed by atoms with E-state index in [1.54, 1.807) is 6.92 Å². The predicted molar refractivity (Wildman–Crippen MR) is 193 cm³/mol. The summed E-state index contributed by atoms with van der Waals surface area (Å²) in [6, 6.07) is 11.3. The average Bonchev–Trinajstić information content (AvgIpc) is 3.76. The Bertz CT molecular complexity index is 2280. The molecule has 268 valence electrons. The van der Waals surface area contributed by atoms with Crippen LogP contribution < -0.4 is 20.4 Å². The summed E-state index contributed by atoms with van der Waals surface area (Å²) < 4.78 is 24.9. The molecular weight excluding hydrogens is 659 g/mol. The molecule has 1 aliphatic carbocycles. The molecule has 0 radical (unpaired) electrons. The summed E-state index contributed by atoms with van der Waals surface area (Å²) in [4.78, 5) is 43.1. The topological polar surface area (TPSA) is 141 Å². The van der Waals surface area contributed by atoms with Crippen LogP contribution in [0.5, 0.6) is 5.75 Å². The van der Waals surface area contributed by atoms with Crippen LogP contribution in [0.15, 0.2) is 60.9 Å². The number of fused-ring (bicyclic) bond motifs is 6. The van der Waals surface area contributed by atoms with Gasteiger partial charge in [-0.05, 0) is 86.4 Å². The summed E-state index contributed by atoms with van der Waals surface area (Å²) >= 11 is 0. The first-order chi connectivity index (χ1) is 25.0. The second kappa shape index (κ2) is 11.9. The lowest BCUT2D eigenvalue weighted by Crippen LogP contribution is -2.46. The van der Waals surface area contributed by atoms with Gasteiger partial charge < -0.3 is 24.8 Å². The van der Waals surface area contributed by atoms with Crippen LogP contribution in [0.1, 0.15) is 83.3 Å². The number of piperidine rings is 1. The van der Waals surface area contributed by atoms with Gasteiger partial charge in [0.25, 0.3) is 11.6 Å². The van der Waals surface area contributed by atoms with Gasteiger partial charge in [-0.15, -0.1) is 0 Å². The van der Waals surface area contributed by atoms with Crippen LogP contribution in [0.25, 0.3) is 44.7 Å². The molecule has 12 heteroatoms. The van der Waals surface area contributed by atoms with Crippen molar-refractivity contribution in [3.63, 3.8) is 0 Å². The quantitative estimate of drug-likeness (QED) is 0.183. The monoisotopic (exact) mass is 704 g/mol. The number of hydrogen-bond donors (Lipinski definition) is 3. The number of H-pyrrole nitrogens is 4. The van der Waals surface area contributed by atoms with E-state index in [0.717, 1.165) is 65.1 Å². The normalized spacial score (nSPS) is 23.8. The van der Waals surface area contributed by atoms with Crippen LogP contribution in [-0.2, 0) is 9.59 Å². The fourth-order valence-electron chi connectivity index (χ4n) is 8.80. The Balaban J connectivity index is 1.04. The molecule has 2 saturated heterocycles. The molecule has 3 fully saturated rings. The zero-order valence-electron chi connectivity index (χ0n) is 29.9. The first-order valence-electron chi connectivity index (χ1n) is 18.4. The van der Waals surface area contributed by atoms with Crippen molar-refractivity contribution in [3.05, 3.63) is 78.4 Å². The highest BCUT2D eigenvalue weighted by Crippen LogP contribution is 2.53. The van der Waals surface area contributed by atoms with Crippen LogP contribution in [0.4, 0.5) is 4.39 Å². The van der Waals surface area contributed by atoms with E-state index in [-0.39, 0.29) is 29.8 Å². The molecular formula is C40H45FN8O3+2. The number of aromatic nitrogens is 5. The van der Waals surface area contributed by atoms with Crippen molar-refractivity contribution >= 4 is 22.7 Å². The molecule has 9 rings (SSSR count). The lowest BCUT2D eigenvalue weighted by atomic mass is 10.0. The van der Waals surface area contributed by atoms with Crippen molar-refractivity contribution in [1.29, 1.82) is 0 Å². The van der Waals surface area contributed by atoms with Crippen LogP contribution in [0, 0.1) is 17.7 Å². The number of rotatable bonds is 7. The zero-order chi connectivity index (χ0) is 36.2. The van der Waals surface area contributed by atoms with Gasteiger partial charge in [0.1, 0.15) is 36.0 Å². The maximum absolute atomic E-state index is 16.4. The molecule has 0 bridgehead atoms. The van der Waals surface area contributed by atoms with Crippen LogP contribution in [0.2, 0.25) is 0 Å². The third-order valence-corrected chi connectivity index (χ3v) is 11.6. The predicted octanol–water partition coefficient (Wildman–Crippen LogP) is 5.86. The second-order valence-corrected chi connectivity index (χ2v) is 15.5. The van der Waals surface area contributed by atoms with Crippen LogP contribution in [0.3, 0.4) is 0 Å². The SMILES string of the molecule is C=C(C)C1Oc2cc(-c3c[nH+]c([C@@H]4CCCN4C(=O)[C@@H](N)C(C)C)[nH]3)cc(F)c2-c2cc3cc(-c4c[nH+]c([C@@H]5C[C@H]6C[C@H]6N5C(C)=O)[nH]4)ccc3n21. The van der Waals surface area contributed by atoms with Crippen molar-refractivity contribution < 1.29 is 28.7 Å². The standard InChI is InChI=1S/C40H43FN8O3/c1-19(2)36(42)39(51)47-10-6-7-30(47)37-43-18-28(46-37)23-12-26(41)35-32-14-24-11-22(8-9-29(24)49(32)40(20(3)4)52-34(35)16-23)27-17-44-38(45-27)33-15-25-13-31(25)48(33)21(5)50/h8-9,11-12,14,16-19,25,30-31,33,36,40H,3,6-7,10,13,15,42H2,1-2,4-5H3,(H,43,46)(H,44,45)/p+2/t25-,30+,31-,33+,36+,40?/m1/s1. The molecule has 4 aliphatic rings. The lowest BCUT2D eigenvalue weighted by molar-refractivity contribution is -0.394. The Hall–Kier alpha value is -5.23. The molecule has 2 amide bonds. The molecule has 1 unspecified atom stereocenters. The maximum atomic E-state index is 16.4. The average molecular weight is 705 g/mol. The van der Waals surface area contributed by atoms with Gasteiger partial charge in [0.05, 0.1) is 22.8 Å². The van der Waals surface area contributed by atoms with E-state index in [4.69, 9.17) is 10.5 Å². The lowest BCUT2D eigenvalue weighted by Gasteiger charge is -2.30. The van der Waals surface area contributed by atoms with Gasteiger partial charge in [-0.25, -0.2) is 24.3 Å². The van der Waals surface area contributed by atoms with Crippen molar-refractivity contribution in [1.82, 2.24) is 24.3 Å². The largest absolute Gasteiger partial charge is 0.465 e. The molecule has 3 aliphatic heterocycles. The summed E-state index contributed by atoms with van der Waals surface area (Å²) in [5.41, 5.74) is 12.3. The smallest absolute Gasteiger partial charge is 0.275 e. The van der Waals surface area contributed by atoms with Crippen LogP contribution >= 0.6 is 0 Å². The summed E-state index contributed by atoms with van der Waals surface area (Å²) in [5.74, 6) is 2.45. The number of carbonyl (C=O) groups excluding carboxylic acids is 2. The van der Waals surface area contributed by atoms with E-state index in [9.17, 15) is 9.59 Å². The van der Waals surface area contributed by atoms with Gasteiger partial charge in [-0.1, -0.05) is 20.4 Å². The number of amides is 2. The molecule has 2 aromatic carbocycles. The van der Waals surface area contributed by atoms with Gasteiger partial charge in [-0.3, -0.25) is 9.59 Å². The Kier molecular flexibility index (Phi) is 7.48. The van der Waals surface area contributed by atoms with E-state index in [0.29, 0.717) is 46.8 Å². The summed E-state index contributed by atoms with van der Waals surface area (Å²) in [6.45, 7) is 12.4. The van der Waals surface area contributed by atoms with Crippen molar-refractivity contribution in [3.8, 4) is 39.5 Å². The van der Waals surface area contributed by atoms with Crippen molar-refractivity contribution in [2.75, 3.05) is 6.54 Å². The van der Waals surface area contributed by atoms with Gasteiger partial charge in [-0.2, -0.15) is 0 Å². The van der Waals surface area contributed by atoms with E-state index in [1.807, 2.05) is 71.8 Å². The van der Waals surface area contributed by atoms with E-state index in [1.165, 1.54) is 6.07 Å². The summed E-state index contributed by atoms with van der Waals surface area (Å²) in [7, 11) is 0. The minimum Gasteiger partial charge on any atom is -0.465 e. The number of ether oxygens (including phenoxy) is 1. The third-order valence-electron chi connectivity index (χ3n) is 11.6. The molecule has 0 spiro atoms. The second-order valence-electron chi connectivity index (χ2n) is 15.5. The minimum absolute atomic E-state index is 0.0315. The number of imidazole rings is 2. The highest BCUT2D eigenvalue weighted by Gasteiger charge is 2.55. The molecule has 5 aromatic rings. The van der Waals surface area contributed by atoms with Crippen molar-refractivity contribution in [2.24, 2.45) is 17.6 Å². The number of likely N-dealkylation sites (tertiary alicyclic amines) is 2. The number of nitrogens with two attached hydrogens (primary N) is 1. The highest BCUT2D eigenvalue weighted by atomic mass is 19.1. The van der Waals surface area contributed by atoms with Crippen LogP contribution in [-0.4, -0.2) is 54.8 Å². The molecule has 6 N–H and O–H groups in total. The molecule has 6 heterocycles.